The van der Waals surface area contributed by atoms with Crippen molar-refractivity contribution in [3.05, 3.63) is 0 Å². The number of aliphatic hydroxyl groups excluding tert-OH is 1. The Balaban J connectivity index is 5.22. The summed E-state index contributed by atoms with van der Waals surface area (Å²) in [6, 6.07) is 0. The van der Waals surface area contributed by atoms with Crippen LogP contribution in [0.4, 0.5) is 0 Å². The zero-order valence-corrected chi connectivity index (χ0v) is 60.6. The summed E-state index contributed by atoms with van der Waals surface area (Å²) in [4.78, 5) is 72.5. The van der Waals surface area contributed by atoms with Crippen molar-refractivity contribution in [1.29, 1.82) is 0 Å². The molecular formula is C71H138O17P2. The number of aliphatic hydroxyl groups is 1. The van der Waals surface area contributed by atoms with Gasteiger partial charge in [-0.3, -0.25) is 37.3 Å². The minimum Gasteiger partial charge on any atom is -0.462 e. The lowest BCUT2D eigenvalue weighted by Gasteiger charge is -2.21. The first kappa shape index (κ1) is 88.1. The van der Waals surface area contributed by atoms with Crippen LogP contribution >= 0.6 is 15.6 Å². The molecular weight excluding hydrogens is 1190 g/mol. The maximum atomic E-state index is 13.0. The van der Waals surface area contributed by atoms with Crippen molar-refractivity contribution in [2.75, 3.05) is 39.6 Å². The van der Waals surface area contributed by atoms with E-state index < -0.39 is 97.5 Å². The number of hydrogen-bond donors (Lipinski definition) is 3. The molecule has 0 aliphatic carbocycles. The number of rotatable bonds is 68. The number of carbonyl (C=O) groups is 4. The van der Waals surface area contributed by atoms with E-state index in [4.69, 9.17) is 37.0 Å². The first-order valence-electron chi connectivity index (χ1n) is 36.7. The summed E-state index contributed by atoms with van der Waals surface area (Å²) in [6.45, 7) is 14.1. The molecule has 0 aromatic carbocycles. The highest BCUT2D eigenvalue weighted by molar-refractivity contribution is 7.47. The van der Waals surface area contributed by atoms with Crippen molar-refractivity contribution < 1.29 is 80.2 Å². The van der Waals surface area contributed by atoms with Crippen LogP contribution in [0.5, 0.6) is 0 Å². The highest BCUT2D eigenvalue weighted by Gasteiger charge is 2.30. The van der Waals surface area contributed by atoms with Crippen LogP contribution in [0, 0.1) is 23.7 Å². The molecule has 534 valence electrons. The highest BCUT2D eigenvalue weighted by atomic mass is 31.2. The van der Waals surface area contributed by atoms with Crippen LogP contribution in [0.15, 0.2) is 0 Å². The molecule has 0 spiro atoms. The third kappa shape index (κ3) is 63.5. The molecule has 0 heterocycles. The van der Waals surface area contributed by atoms with Gasteiger partial charge in [0.2, 0.25) is 0 Å². The SMILES string of the molecule is CCC(C)CCCCCCCCC(=O)OC[C@H](COP(=O)(O)OC[C@H](O)COP(=O)(O)OC[C@@H](COC(=O)CCCCCCCCC(C)C)OC(=O)CCCCCCCCCCCCCCCCC(C)C)OC(=O)CCCCCCCCCCCCCC(C)C. The van der Waals surface area contributed by atoms with Crippen molar-refractivity contribution in [3.8, 4) is 0 Å². The Labute approximate surface area is 549 Å². The van der Waals surface area contributed by atoms with Crippen molar-refractivity contribution in [1.82, 2.24) is 0 Å². The van der Waals surface area contributed by atoms with E-state index in [0.717, 1.165) is 120 Å². The molecule has 0 aromatic rings. The molecule has 3 N–H and O–H groups in total. The lowest BCUT2D eigenvalue weighted by molar-refractivity contribution is -0.161. The van der Waals surface area contributed by atoms with Crippen LogP contribution in [-0.2, 0) is 65.4 Å². The van der Waals surface area contributed by atoms with Crippen LogP contribution in [0.3, 0.4) is 0 Å². The maximum Gasteiger partial charge on any atom is 0.472 e. The average molecular weight is 1330 g/mol. The molecule has 0 aromatic heterocycles. The Morgan fingerprint density at radius 2 is 0.533 bits per heavy atom. The second-order valence-electron chi connectivity index (χ2n) is 27.3. The lowest BCUT2D eigenvalue weighted by Crippen LogP contribution is -2.30. The van der Waals surface area contributed by atoms with E-state index in [1.54, 1.807) is 0 Å². The monoisotopic (exact) mass is 1320 g/mol. The van der Waals surface area contributed by atoms with Crippen molar-refractivity contribution >= 4 is 39.5 Å². The number of hydrogen-bond acceptors (Lipinski definition) is 15. The fourth-order valence-electron chi connectivity index (χ4n) is 10.6. The summed E-state index contributed by atoms with van der Waals surface area (Å²) in [5, 5.41) is 10.6. The number of unbranched alkanes of at least 4 members (excludes halogenated alkanes) is 33. The largest absolute Gasteiger partial charge is 0.472 e. The van der Waals surface area contributed by atoms with Gasteiger partial charge in [0.05, 0.1) is 26.4 Å². The predicted octanol–water partition coefficient (Wildman–Crippen LogP) is 20.1. The molecule has 0 aliphatic heterocycles. The number of phosphoric acid groups is 2. The Morgan fingerprint density at radius 3 is 0.789 bits per heavy atom. The minimum atomic E-state index is -4.95. The Kier molecular flexibility index (Phi) is 59.4. The van der Waals surface area contributed by atoms with Gasteiger partial charge in [-0.2, -0.15) is 0 Å². The van der Waals surface area contributed by atoms with E-state index in [1.165, 1.54) is 141 Å². The molecule has 0 rings (SSSR count). The van der Waals surface area contributed by atoms with Gasteiger partial charge in [-0.1, -0.05) is 299 Å². The number of carbonyl (C=O) groups excluding carboxylic acids is 4. The summed E-state index contributed by atoms with van der Waals surface area (Å²) in [6.07, 6.45) is 43.2. The van der Waals surface area contributed by atoms with Gasteiger partial charge in [0, 0.05) is 25.7 Å². The summed E-state index contributed by atoms with van der Waals surface area (Å²) >= 11 is 0. The van der Waals surface area contributed by atoms with Crippen LogP contribution in [-0.4, -0.2) is 96.7 Å². The first-order chi connectivity index (χ1) is 43.1. The van der Waals surface area contributed by atoms with Gasteiger partial charge in [0.1, 0.15) is 19.3 Å². The van der Waals surface area contributed by atoms with Crippen molar-refractivity contribution in [3.63, 3.8) is 0 Å². The standard InChI is InChI=1S/C71H138O17P2/c1-9-64(8)50-42-34-28-30-36-44-52-69(74)82-58-67(88-71(76)54-46-38-26-22-18-14-16-20-24-32-40-48-62(4)5)60-86-90(79,80)84-56-65(72)55-83-89(77,78)85-59-66(57-81-68(73)51-43-35-29-27-33-41-49-63(6)7)87-70(75)53-45-37-25-21-17-13-11-10-12-15-19-23-31-39-47-61(2)3/h61-67,72H,9-60H2,1-8H3,(H,77,78)(H,79,80)/t64?,65-,66-,67-/m1/s1. The topological polar surface area (TPSA) is 237 Å². The molecule has 17 nitrogen and oxygen atoms in total. The van der Waals surface area contributed by atoms with Gasteiger partial charge in [-0.25, -0.2) is 9.13 Å². The minimum absolute atomic E-state index is 0.105. The van der Waals surface area contributed by atoms with Crippen LogP contribution in [0.25, 0.3) is 0 Å². The van der Waals surface area contributed by atoms with E-state index in [2.05, 4.69) is 55.4 Å². The fourth-order valence-corrected chi connectivity index (χ4v) is 12.2. The zero-order valence-electron chi connectivity index (χ0n) is 58.8. The number of esters is 4. The van der Waals surface area contributed by atoms with Gasteiger partial charge in [-0.15, -0.1) is 0 Å². The van der Waals surface area contributed by atoms with E-state index >= 15 is 0 Å². The average Bonchev–Trinajstić information content (AvgIpc) is 3.55. The van der Waals surface area contributed by atoms with Gasteiger partial charge in [0.15, 0.2) is 12.2 Å². The molecule has 0 fully saturated rings. The normalized spacial score (nSPS) is 14.6. The quantitative estimate of drug-likeness (QED) is 0.0222. The molecule has 90 heavy (non-hydrogen) atoms. The van der Waals surface area contributed by atoms with Gasteiger partial charge in [-0.05, 0) is 49.4 Å². The van der Waals surface area contributed by atoms with E-state index in [-0.39, 0.29) is 25.7 Å². The van der Waals surface area contributed by atoms with E-state index in [1.807, 2.05) is 0 Å². The van der Waals surface area contributed by atoms with E-state index in [0.29, 0.717) is 31.6 Å². The summed E-state index contributed by atoms with van der Waals surface area (Å²) < 4.78 is 68.3. The van der Waals surface area contributed by atoms with Crippen LogP contribution in [0.2, 0.25) is 0 Å². The van der Waals surface area contributed by atoms with Gasteiger partial charge in [0.25, 0.3) is 0 Å². The first-order valence-corrected chi connectivity index (χ1v) is 39.7. The van der Waals surface area contributed by atoms with Crippen LogP contribution < -0.4 is 0 Å². The molecule has 0 saturated carbocycles. The highest BCUT2D eigenvalue weighted by Crippen LogP contribution is 2.45. The molecule has 3 unspecified atom stereocenters. The second-order valence-corrected chi connectivity index (χ2v) is 30.2. The Hall–Kier alpha value is -1.94. The molecule has 6 atom stereocenters. The van der Waals surface area contributed by atoms with Crippen LogP contribution in [0.1, 0.15) is 351 Å². The van der Waals surface area contributed by atoms with Gasteiger partial charge < -0.3 is 33.8 Å². The number of ether oxygens (including phenoxy) is 4. The van der Waals surface area contributed by atoms with E-state index in [9.17, 15) is 43.2 Å². The smallest absolute Gasteiger partial charge is 0.462 e. The third-order valence-corrected chi connectivity index (χ3v) is 18.6. The molecule has 0 aliphatic rings. The fraction of sp³-hybridized carbons (Fsp3) is 0.944. The maximum absolute atomic E-state index is 13.0. The molecule has 0 bridgehead atoms. The third-order valence-electron chi connectivity index (χ3n) is 16.7. The summed E-state index contributed by atoms with van der Waals surface area (Å²) in [7, 11) is -9.90. The van der Waals surface area contributed by atoms with Gasteiger partial charge >= 0.3 is 39.5 Å². The Bertz CT molecular complexity index is 1780. The van der Waals surface area contributed by atoms with Crippen molar-refractivity contribution in [2.45, 2.75) is 369 Å². The zero-order chi connectivity index (χ0) is 66.8. The number of phosphoric ester groups is 2. The summed E-state index contributed by atoms with van der Waals surface area (Å²) in [5.74, 6) is 0.840. The lowest BCUT2D eigenvalue weighted by atomic mass is 10.00. The predicted molar refractivity (Wildman–Crippen MR) is 363 cm³/mol. The molecule has 0 saturated heterocycles. The molecule has 19 heteroatoms. The Morgan fingerprint density at radius 1 is 0.311 bits per heavy atom. The van der Waals surface area contributed by atoms with Crippen molar-refractivity contribution in [2.24, 2.45) is 23.7 Å². The molecule has 0 amide bonds. The molecule has 0 radical (unpaired) electrons. The summed E-state index contributed by atoms with van der Waals surface area (Å²) in [5.41, 5.74) is 0. The second kappa shape index (κ2) is 60.7.